The Morgan fingerprint density at radius 1 is 1.54 bits per heavy atom. The Morgan fingerprint density at radius 3 is 2.62 bits per heavy atom. The number of rotatable bonds is 2. The summed E-state index contributed by atoms with van der Waals surface area (Å²) in [6.45, 7) is 1.84. The van der Waals surface area contributed by atoms with Crippen LogP contribution in [0.5, 0.6) is 0 Å². The fraction of sp³-hybridized carbons (Fsp3) is 0.222. The van der Waals surface area contributed by atoms with E-state index < -0.39 is 12.1 Å². The number of benzene rings is 1. The van der Waals surface area contributed by atoms with E-state index in [1.54, 1.807) is 18.2 Å². The molecule has 0 aliphatic rings. The molecule has 1 aromatic carbocycles. The van der Waals surface area contributed by atoms with Crippen LogP contribution < -0.4 is 11.5 Å². The van der Waals surface area contributed by atoms with Crippen LogP contribution in [0.2, 0.25) is 0 Å². The van der Waals surface area contributed by atoms with Crippen molar-refractivity contribution in [2.75, 3.05) is 0 Å². The van der Waals surface area contributed by atoms with Gasteiger partial charge in [0.05, 0.1) is 0 Å². The molecule has 0 saturated heterocycles. The van der Waals surface area contributed by atoms with Crippen LogP contribution in [0.3, 0.4) is 0 Å². The smallest absolute Gasteiger partial charge is 0.249 e. The molecule has 1 rings (SSSR count). The maximum Gasteiger partial charge on any atom is 0.249 e. The zero-order valence-electron chi connectivity index (χ0n) is 7.32. The molecular weight excluding hydrogens is 168 g/mol. The van der Waals surface area contributed by atoms with Crippen molar-refractivity contribution in [1.29, 1.82) is 0 Å². The van der Waals surface area contributed by atoms with Gasteiger partial charge >= 0.3 is 0 Å². The number of hydrogen-bond donors (Lipinski definition) is 3. The largest absolute Gasteiger partial charge is 0.375 e. The molecule has 0 aliphatic heterocycles. The molecule has 0 saturated carbocycles. The Balaban J connectivity index is 3.26. The van der Waals surface area contributed by atoms with Crippen molar-refractivity contribution < 1.29 is 9.90 Å². The molecule has 13 heavy (non-hydrogen) atoms. The molecule has 0 aromatic heterocycles. The molecule has 1 unspecified atom stereocenters. The van der Waals surface area contributed by atoms with E-state index in [1.807, 2.05) is 6.92 Å². The Kier molecular flexibility index (Phi) is 2.65. The number of carbonyl (C=O) groups excluding carboxylic acids is 1. The Morgan fingerprint density at radius 2 is 2.15 bits per heavy atom. The minimum absolute atomic E-state index is 0.264. The number of primary amides is 1. The zero-order valence-corrected chi connectivity index (χ0v) is 7.32. The third-order valence-electron chi connectivity index (χ3n) is 1.79. The summed E-state index contributed by atoms with van der Waals surface area (Å²) in [5.74, 6) is -0.584. The van der Waals surface area contributed by atoms with Crippen molar-refractivity contribution in [3.05, 3.63) is 34.9 Å². The molecule has 4 nitrogen and oxygen atoms in total. The van der Waals surface area contributed by atoms with Gasteiger partial charge in [-0.2, -0.15) is 0 Å². The lowest BCUT2D eigenvalue weighted by Crippen LogP contribution is -2.19. The standard InChI is InChI=1S/C9H12N2O2/c1-5-2-3-6(8(10)12)7(4-5)9(11)13/h2-4,9,13H,11H2,1H3,(H2,10,12). The highest BCUT2D eigenvalue weighted by Gasteiger charge is 2.11. The molecule has 1 amide bonds. The lowest BCUT2D eigenvalue weighted by Gasteiger charge is -2.09. The zero-order chi connectivity index (χ0) is 10.0. The molecule has 4 heteroatoms. The third-order valence-corrected chi connectivity index (χ3v) is 1.79. The van der Waals surface area contributed by atoms with E-state index in [0.717, 1.165) is 5.56 Å². The second-order valence-corrected chi connectivity index (χ2v) is 2.90. The molecule has 0 spiro atoms. The van der Waals surface area contributed by atoms with Crippen LogP contribution in [0.25, 0.3) is 0 Å². The average molecular weight is 180 g/mol. The summed E-state index contributed by atoms with van der Waals surface area (Å²) in [4.78, 5) is 10.9. The van der Waals surface area contributed by atoms with Crippen LogP contribution in [0.15, 0.2) is 18.2 Å². The van der Waals surface area contributed by atoms with Gasteiger partial charge < -0.3 is 16.6 Å². The predicted octanol–water partition coefficient (Wildman–Crippen LogP) is 0.0435. The van der Waals surface area contributed by atoms with Gasteiger partial charge in [-0.1, -0.05) is 17.7 Å². The van der Waals surface area contributed by atoms with E-state index in [1.165, 1.54) is 0 Å². The van der Waals surface area contributed by atoms with Crippen molar-refractivity contribution in [1.82, 2.24) is 0 Å². The summed E-state index contributed by atoms with van der Waals surface area (Å²) in [5, 5.41) is 9.15. The normalized spacial score (nSPS) is 12.5. The van der Waals surface area contributed by atoms with E-state index in [4.69, 9.17) is 16.6 Å². The maximum absolute atomic E-state index is 10.9. The molecule has 0 heterocycles. The molecule has 5 N–H and O–H groups in total. The van der Waals surface area contributed by atoms with E-state index in [-0.39, 0.29) is 5.56 Å². The topological polar surface area (TPSA) is 89.3 Å². The first-order valence-corrected chi connectivity index (χ1v) is 3.86. The summed E-state index contributed by atoms with van der Waals surface area (Å²) in [7, 11) is 0. The summed E-state index contributed by atoms with van der Waals surface area (Å²) in [6, 6.07) is 4.94. The van der Waals surface area contributed by atoms with Crippen molar-refractivity contribution in [3.63, 3.8) is 0 Å². The van der Waals surface area contributed by atoms with Gasteiger partial charge in [0, 0.05) is 11.1 Å². The first-order chi connectivity index (χ1) is 6.02. The van der Waals surface area contributed by atoms with Crippen molar-refractivity contribution in [3.8, 4) is 0 Å². The van der Waals surface area contributed by atoms with Gasteiger partial charge in [0.1, 0.15) is 6.23 Å². The first kappa shape index (κ1) is 9.70. The summed E-state index contributed by atoms with van der Waals surface area (Å²) in [5.41, 5.74) is 11.9. The monoisotopic (exact) mass is 180 g/mol. The number of hydrogen-bond acceptors (Lipinski definition) is 3. The molecular formula is C9H12N2O2. The number of amides is 1. The number of aryl methyl sites for hydroxylation is 1. The van der Waals surface area contributed by atoms with Crippen LogP contribution in [-0.2, 0) is 0 Å². The van der Waals surface area contributed by atoms with Crippen LogP contribution in [-0.4, -0.2) is 11.0 Å². The van der Waals surface area contributed by atoms with Crippen LogP contribution in [0, 0.1) is 6.92 Å². The molecule has 1 aromatic rings. The van der Waals surface area contributed by atoms with Gasteiger partial charge in [-0.25, -0.2) is 0 Å². The predicted molar refractivity (Wildman–Crippen MR) is 48.8 cm³/mol. The van der Waals surface area contributed by atoms with Gasteiger partial charge in [-0.05, 0) is 13.0 Å². The number of aliphatic hydroxyl groups is 1. The SMILES string of the molecule is Cc1ccc(C(N)=O)c(C(N)O)c1. The molecule has 0 fully saturated rings. The second-order valence-electron chi connectivity index (χ2n) is 2.90. The lowest BCUT2D eigenvalue weighted by molar-refractivity contribution is 0.0993. The maximum atomic E-state index is 10.9. The van der Waals surface area contributed by atoms with Crippen LogP contribution >= 0.6 is 0 Å². The molecule has 0 radical (unpaired) electrons. The molecule has 1 atom stereocenters. The molecule has 0 bridgehead atoms. The quantitative estimate of drug-likeness (QED) is 0.561. The van der Waals surface area contributed by atoms with E-state index in [9.17, 15) is 4.79 Å². The van der Waals surface area contributed by atoms with Crippen LogP contribution in [0.1, 0.15) is 27.7 Å². The third kappa shape index (κ3) is 2.05. The van der Waals surface area contributed by atoms with E-state index in [0.29, 0.717) is 5.56 Å². The summed E-state index contributed by atoms with van der Waals surface area (Å²) >= 11 is 0. The minimum Gasteiger partial charge on any atom is -0.375 e. The van der Waals surface area contributed by atoms with Gasteiger partial charge in [-0.15, -0.1) is 0 Å². The Labute approximate surface area is 76.2 Å². The second kappa shape index (κ2) is 3.55. The number of nitrogens with two attached hydrogens (primary N) is 2. The number of aliphatic hydroxyl groups excluding tert-OH is 1. The van der Waals surface area contributed by atoms with Gasteiger partial charge in [-0.3, -0.25) is 4.79 Å². The van der Waals surface area contributed by atoms with Crippen LogP contribution in [0.4, 0.5) is 0 Å². The summed E-state index contributed by atoms with van der Waals surface area (Å²) < 4.78 is 0. The fourth-order valence-corrected chi connectivity index (χ4v) is 1.15. The Bertz CT molecular complexity index is 334. The fourth-order valence-electron chi connectivity index (χ4n) is 1.15. The highest BCUT2D eigenvalue weighted by Crippen LogP contribution is 2.15. The lowest BCUT2D eigenvalue weighted by atomic mass is 10.0. The van der Waals surface area contributed by atoms with Gasteiger partial charge in [0.25, 0.3) is 0 Å². The highest BCUT2D eigenvalue weighted by atomic mass is 16.3. The average Bonchev–Trinajstić information content (AvgIpc) is 2.03. The highest BCUT2D eigenvalue weighted by molar-refractivity contribution is 5.94. The van der Waals surface area contributed by atoms with Crippen molar-refractivity contribution in [2.24, 2.45) is 11.5 Å². The van der Waals surface area contributed by atoms with Gasteiger partial charge in [0.15, 0.2) is 0 Å². The van der Waals surface area contributed by atoms with Crippen molar-refractivity contribution in [2.45, 2.75) is 13.2 Å². The van der Waals surface area contributed by atoms with E-state index in [2.05, 4.69) is 0 Å². The molecule has 0 aliphatic carbocycles. The Hall–Kier alpha value is -1.39. The molecule has 70 valence electrons. The van der Waals surface area contributed by atoms with Gasteiger partial charge in [0.2, 0.25) is 5.91 Å². The summed E-state index contributed by atoms with van der Waals surface area (Å²) in [6.07, 6.45) is -1.16. The first-order valence-electron chi connectivity index (χ1n) is 3.86. The van der Waals surface area contributed by atoms with E-state index >= 15 is 0 Å². The number of carbonyl (C=O) groups is 1. The minimum atomic E-state index is -1.16. The van der Waals surface area contributed by atoms with Crippen molar-refractivity contribution >= 4 is 5.91 Å².